The van der Waals surface area contributed by atoms with Gasteiger partial charge in [0, 0.05) is 58.1 Å². The van der Waals surface area contributed by atoms with Crippen molar-refractivity contribution in [3.05, 3.63) is 54.1 Å². The van der Waals surface area contributed by atoms with Crippen molar-refractivity contribution in [2.45, 2.75) is 44.7 Å². The van der Waals surface area contributed by atoms with Crippen LogP contribution in [-0.2, 0) is 11.8 Å². The van der Waals surface area contributed by atoms with Gasteiger partial charge in [0.05, 0.1) is 6.04 Å². The molecule has 6 heteroatoms. The maximum absolute atomic E-state index is 12.8. The van der Waals surface area contributed by atoms with Crippen LogP contribution in [0.3, 0.4) is 0 Å². The van der Waals surface area contributed by atoms with E-state index in [0.29, 0.717) is 18.4 Å². The SMILES string of the molecule is C[C@H](CCC(=O)N1CCN([C@@H](c2ccccc2)c2nccn2C)CC1)N1CCCC1. The Labute approximate surface area is 180 Å². The highest BCUT2D eigenvalue weighted by atomic mass is 16.2. The first kappa shape index (κ1) is 21.1. The van der Waals surface area contributed by atoms with Crippen LogP contribution in [0.4, 0.5) is 0 Å². The molecule has 2 aliphatic rings. The van der Waals surface area contributed by atoms with Gasteiger partial charge in [-0.15, -0.1) is 0 Å². The highest BCUT2D eigenvalue weighted by molar-refractivity contribution is 5.76. The number of carbonyl (C=O) groups excluding carboxylic acids is 1. The van der Waals surface area contributed by atoms with Gasteiger partial charge < -0.3 is 14.4 Å². The van der Waals surface area contributed by atoms with Crippen molar-refractivity contribution >= 4 is 5.91 Å². The number of aromatic nitrogens is 2. The van der Waals surface area contributed by atoms with E-state index in [1.54, 1.807) is 0 Å². The number of amides is 1. The molecule has 0 unspecified atom stereocenters. The van der Waals surface area contributed by atoms with E-state index in [2.05, 4.69) is 68.6 Å². The molecular formula is C24H35N5O. The summed E-state index contributed by atoms with van der Waals surface area (Å²) in [6.07, 6.45) is 8.12. The topological polar surface area (TPSA) is 44.6 Å². The molecular weight excluding hydrogens is 374 g/mol. The summed E-state index contributed by atoms with van der Waals surface area (Å²) in [5.74, 6) is 1.37. The van der Waals surface area contributed by atoms with Gasteiger partial charge in [-0.25, -0.2) is 4.98 Å². The Bertz CT molecular complexity index is 806. The highest BCUT2D eigenvalue weighted by Crippen LogP contribution is 2.28. The molecule has 3 heterocycles. The standard InChI is InChI=1S/C24H35N5O/c1-20(27-13-6-7-14-27)10-11-22(30)28-16-18-29(19-17-28)23(21-8-4-3-5-9-21)24-25-12-15-26(24)2/h3-5,8-9,12,15,20,23H,6-7,10-11,13-14,16-19H2,1-2H3/t20-,23+/m1/s1. The summed E-state index contributed by atoms with van der Waals surface area (Å²) in [7, 11) is 2.06. The molecule has 1 aromatic heterocycles. The first-order valence-corrected chi connectivity index (χ1v) is 11.4. The van der Waals surface area contributed by atoms with E-state index in [-0.39, 0.29) is 6.04 Å². The van der Waals surface area contributed by atoms with Crippen LogP contribution < -0.4 is 0 Å². The third kappa shape index (κ3) is 4.76. The van der Waals surface area contributed by atoms with Crippen molar-refractivity contribution in [2.24, 2.45) is 7.05 Å². The van der Waals surface area contributed by atoms with Crippen LogP contribution in [0.5, 0.6) is 0 Å². The van der Waals surface area contributed by atoms with Gasteiger partial charge in [0.25, 0.3) is 0 Å². The second-order valence-electron chi connectivity index (χ2n) is 8.76. The largest absolute Gasteiger partial charge is 0.340 e. The summed E-state index contributed by atoms with van der Waals surface area (Å²) >= 11 is 0. The van der Waals surface area contributed by atoms with E-state index in [1.807, 2.05) is 12.4 Å². The van der Waals surface area contributed by atoms with Crippen LogP contribution >= 0.6 is 0 Å². The molecule has 0 radical (unpaired) electrons. The van der Waals surface area contributed by atoms with Crippen molar-refractivity contribution < 1.29 is 4.79 Å². The van der Waals surface area contributed by atoms with Crippen molar-refractivity contribution in [2.75, 3.05) is 39.3 Å². The molecule has 0 N–H and O–H groups in total. The van der Waals surface area contributed by atoms with Crippen LogP contribution in [0.1, 0.15) is 50.0 Å². The van der Waals surface area contributed by atoms with E-state index in [9.17, 15) is 4.79 Å². The van der Waals surface area contributed by atoms with Crippen molar-refractivity contribution in [1.29, 1.82) is 0 Å². The molecule has 2 aromatic rings. The summed E-state index contributed by atoms with van der Waals surface area (Å²) in [4.78, 5) is 24.5. The molecule has 6 nitrogen and oxygen atoms in total. The quantitative estimate of drug-likeness (QED) is 0.705. The normalized spacial score (nSPS) is 20.4. The third-order valence-electron chi connectivity index (χ3n) is 6.79. The monoisotopic (exact) mass is 409 g/mol. The van der Waals surface area contributed by atoms with Crippen molar-refractivity contribution in [1.82, 2.24) is 24.3 Å². The molecule has 0 spiro atoms. The van der Waals surface area contributed by atoms with Crippen LogP contribution in [0.25, 0.3) is 0 Å². The van der Waals surface area contributed by atoms with Gasteiger partial charge >= 0.3 is 0 Å². The Kier molecular flexibility index (Phi) is 6.85. The third-order valence-corrected chi connectivity index (χ3v) is 6.79. The number of benzene rings is 1. The summed E-state index contributed by atoms with van der Waals surface area (Å²) in [6.45, 7) is 8.01. The Morgan fingerprint density at radius 1 is 1.00 bits per heavy atom. The van der Waals surface area contributed by atoms with Crippen LogP contribution in [0.15, 0.2) is 42.7 Å². The average Bonchev–Trinajstić information content (AvgIpc) is 3.46. The van der Waals surface area contributed by atoms with Crippen molar-refractivity contribution in [3.63, 3.8) is 0 Å². The zero-order chi connectivity index (χ0) is 20.9. The first-order valence-electron chi connectivity index (χ1n) is 11.4. The number of likely N-dealkylation sites (tertiary alicyclic amines) is 1. The number of hydrogen-bond acceptors (Lipinski definition) is 4. The highest BCUT2D eigenvalue weighted by Gasteiger charge is 2.30. The number of rotatable bonds is 7. The maximum atomic E-state index is 12.8. The van der Waals surface area contributed by atoms with Gasteiger partial charge in [-0.3, -0.25) is 9.69 Å². The maximum Gasteiger partial charge on any atom is 0.222 e. The van der Waals surface area contributed by atoms with E-state index < -0.39 is 0 Å². The van der Waals surface area contributed by atoms with Gasteiger partial charge in [0.2, 0.25) is 5.91 Å². The van der Waals surface area contributed by atoms with Gasteiger partial charge in [-0.05, 0) is 44.8 Å². The zero-order valence-corrected chi connectivity index (χ0v) is 18.4. The molecule has 0 aliphatic carbocycles. The minimum atomic E-state index is 0.124. The molecule has 0 bridgehead atoms. The summed E-state index contributed by atoms with van der Waals surface area (Å²) < 4.78 is 2.11. The lowest BCUT2D eigenvalue weighted by molar-refractivity contribution is -0.133. The smallest absolute Gasteiger partial charge is 0.222 e. The molecule has 1 amide bonds. The Balaban J connectivity index is 1.35. The van der Waals surface area contributed by atoms with E-state index in [4.69, 9.17) is 0 Å². The number of aryl methyl sites for hydroxylation is 1. The fourth-order valence-corrected chi connectivity index (χ4v) is 4.88. The molecule has 2 atom stereocenters. The Morgan fingerprint density at radius 2 is 1.70 bits per heavy atom. The number of imidazole rings is 1. The van der Waals surface area contributed by atoms with E-state index in [1.165, 1.54) is 31.5 Å². The molecule has 2 fully saturated rings. The lowest BCUT2D eigenvalue weighted by Crippen LogP contribution is -2.50. The van der Waals surface area contributed by atoms with Crippen molar-refractivity contribution in [3.8, 4) is 0 Å². The van der Waals surface area contributed by atoms with Gasteiger partial charge in [0.15, 0.2) is 0 Å². The van der Waals surface area contributed by atoms with E-state index >= 15 is 0 Å². The molecule has 1 aromatic carbocycles. The zero-order valence-electron chi connectivity index (χ0n) is 18.4. The average molecular weight is 410 g/mol. The lowest BCUT2D eigenvalue weighted by Gasteiger charge is -2.39. The summed E-state index contributed by atoms with van der Waals surface area (Å²) in [5.41, 5.74) is 1.26. The predicted octanol–water partition coefficient (Wildman–Crippen LogP) is 2.92. The van der Waals surface area contributed by atoms with Gasteiger partial charge in [-0.2, -0.15) is 0 Å². The molecule has 30 heavy (non-hydrogen) atoms. The molecule has 162 valence electrons. The van der Waals surface area contributed by atoms with Gasteiger partial charge in [0.1, 0.15) is 5.82 Å². The summed E-state index contributed by atoms with van der Waals surface area (Å²) in [5, 5.41) is 0. The van der Waals surface area contributed by atoms with E-state index in [0.717, 1.165) is 38.4 Å². The van der Waals surface area contributed by atoms with Crippen LogP contribution in [0, 0.1) is 0 Å². The first-order chi connectivity index (χ1) is 14.6. The molecule has 2 aliphatic heterocycles. The summed E-state index contributed by atoms with van der Waals surface area (Å²) in [6, 6.07) is 11.2. The van der Waals surface area contributed by atoms with Gasteiger partial charge in [-0.1, -0.05) is 30.3 Å². The second kappa shape index (κ2) is 9.75. The van der Waals surface area contributed by atoms with Crippen LogP contribution in [-0.4, -0.2) is 75.5 Å². The fourth-order valence-electron chi connectivity index (χ4n) is 4.88. The fraction of sp³-hybridized carbons (Fsp3) is 0.583. The molecule has 0 saturated carbocycles. The minimum Gasteiger partial charge on any atom is -0.340 e. The number of piperazine rings is 1. The predicted molar refractivity (Wildman–Crippen MR) is 119 cm³/mol. The minimum absolute atomic E-state index is 0.124. The molecule has 4 rings (SSSR count). The number of nitrogens with zero attached hydrogens (tertiary/aromatic N) is 5. The Morgan fingerprint density at radius 3 is 2.33 bits per heavy atom. The number of carbonyl (C=O) groups is 1. The second-order valence-corrected chi connectivity index (χ2v) is 8.76. The lowest BCUT2D eigenvalue weighted by atomic mass is 10.0. The molecule has 2 saturated heterocycles. The van der Waals surface area contributed by atoms with Crippen LogP contribution in [0.2, 0.25) is 0 Å². The number of hydrogen-bond donors (Lipinski definition) is 0. The Hall–Kier alpha value is -2.18.